The molecule has 3 aliphatic rings. The molecule has 3 aliphatic heterocycles. The van der Waals surface area contributed by atoms with E-state index in [1.165, 1.54) is 7.11 Å². The SMILES string of the molecule is COC(=O)[C@H]1[C@H]2C(=O)N(c3ccccc3Cl)C[C@@]23C=C[C@H]1O3. The van der Waals surface area contributed by atoms with Crippen LogP contribution in [-0.2, 0) is 19.1 Å². The van der Waals surface area contributed by atoms with Crippen molar-refractivity contribution < 1.29 is 19.1 Å². The molecule has 0 radical (unpaired) electrons. The van der Waals surface area contributed by atoms with E-state index in [1.54, 1.807) is 17.0 Å². The van der Waals surface area contributed by atoms with Gasteiger partial charge in [0.05, 0.1) is 36.4 Å². The number of anilines is 1. The molecule has 0 N–H and O–H groups in total. The van der Waals surface area contributed by atoms with Crippen LogP contribution < -0.4 is 4.90 Å². The highest BCUT2D eigenvalue weighted by atomic mass is 35.5. The molecule has 1 spiro atoms. The molecule has 2 bridgehead atoms. The molecule has 1 aromatic carbocycles. The number of para-hydroxylation sites is 1. The molecule has 1 amide bonds. The highest BCUT2D eigenvalue weighted by molar-refractivity contribution is 6.34. The number of benzene rings is 1. The molecule has 3 heterocycles. The standard InChI is InChI=1S/C16H14ClNO4/c1-21-15(20)12-11-6-7-16(22-11)8-18(14(19)13(12)16)10-5-3-2-4-9(10)17/h2-7,11-13H,8H2,1H3/t11-,12-,13+,16+/m1/s1. The van der Waals surface area contributed by atoms with Gasteiger partial charge < -0.3 is 14.4 Å². The minimum atomic E-state index is -0.750. The average Bonchev–Trinajstić information content (AvgIpc) is 3.15. The number of fused-ring (bicyclic) bond motifs is 1. The first-order valence-electron chi connectivity index (χ1n) is 7.08. The number of ether oxygens (including phenoxy) is 2. The van der Waals surface area contributed by atoms with E-state index in [4.69, 9.17) is 21.1 Å². The van der Waals surface area contributed by atoms with Gasteiger partial charge in [0.1, 0.15) is 11.5 Å². The molecule has 4 atom stereocenters. The van der Waals surface area contributed by atoms with E-state index in [1.807, 2.05) is 24.3 Å². The number of nitrogens with zero attached hydrogens (tertiary/aromatic N) is 1. The molecule has 5 nitrogen and oxygen atoms in total. The molecular weight excluding hydrogens is 306 g/mol. The fourth-order valence-corrected chi connectivity index (χ4v) is 4.02. The number of rotatable bonds is 2. The van der Waals surface area contributed by atoms with Crippen LogP contribution in [0.5, 0.6) is 0 Å². The molecule has 6 heteroatoms. The van der Waals surface area contributed by atoms with E-state index in [-0.39, 0.29) is 12.0 Å². The molecular formula is C16H14ClNO4. The lowest BCUT2D eigenvalue weighted by Gasteiger charge is -2.22. The Kier molecular flexibility index (Phi) is 2.86. The quantitative estimate of drug-likeness (QED) is 0.616. The van der Waals surface area contributed by atoms with Gasteiger partial charge in [-0.25, -0.2) is 0 Å². The Bertz CT molecular complexity index is 703. The highest BCUT2D eigenvalue weighted by Crippen LogP contribution is 2.53. The number of carbonyl (C=O) groups is 2. The maximum Gasteiger partial charge on any atom is 0.312 e. The number of halogens is 1. The van der Waals surface area contributed by atoms with E-state index in [9.17, 15) is 9.59 Å². The molecule has 22 heavy (non-hydrogen) atoms. The predicted octanol–water partition coefficient (Wildman–Crippen LogP) is 1.80. The fraction of sp³-hybridized carbons (Fsp3) is 0.375. The topological polar surface area (TPSA) is 55.8 Å². The van der Waals surface area contributed by atoms with Gasteiger partial charge in [0.15, 0.2) is 0 Å². The van der Waals surface area contributed by atoms with Crippen molar-refractivity contribution in [1.82, 2.24) is 0 Å². The summed E-state index contributed by atoms with van der Waals surface area (Å²) in [5, 5.41) is 0.500. The zero-order chi connectivity index (χ0) is 15.5. The smallest absolute Gasteiger partial charge is 0.312 e. The van der Waals surface area contributed by atoms with Gasteiger partial charge in [-0.05, 0) is 12.1 Å². The summed E-state index contributed by atoms with van der Waals surface area (Å²) in [4.78, 5) is 26.6. The number of methoxy groups -OCH3 is 1. The van der Waals surface area contributed by atoms with Gasteiger partial charge in [-0.2, -0.15) is 0 Å². The van der Waals surface area contributed by atoms with Gasteiger partial charge in [0.2, 0.25) is 5.91 Å². The number of hydrogen-bond acceptors (Lipinski definition) is 4. The van der Waals surface area contributed by atoms with Gasteiger partial charge in [-0.1, -0.05) is 35.9 Å². The van der Waals surface area contributed by atoms with Gasteiger partial charge in [-0.3, -0.25) is 9.59 Å². The Morgan fingerprint density at radius 3 is 2.95 bits per heavy atom. The Hall–Kier alpha value is -1.85. The summed E-state index contributed by atoms with van der Waals surface area (Å²) in [5.41, 5.74) is -0.109. The van der Waals surface area contributed by atoms with Crippen LogP contribution in [0.1, 0.15) is 0 Å². The lowest BCUT2D eigenvalue weighted by atomic mass is 9.77. The summed E-state index contributed by atoms with van der Waals surface area (Å²) < 4.78 is 10.8. The number of esters is 1. The second-order valence-electron chi connectivity index (χ2n) is 5.80. The van der Waals surface area contributed by atoms with E-state index in [2.05, 4.69) is 0 Å². The third-order valence-corrected chi connectivity index (χ3v) is 5.04. The van der Waals surface area contributed by atoms with Crippen molar-refractivity contribution in [3.8, 4) is 0 Å². The van der Waals surface area contributed by atoms with Gasteiger partial charge >= 0.3 is 5.97 Å². The van der Waals surface area contributed by atoms with E-state index in [0.717, 1.165) is 0 Å². The largest absolute Gasteiger partial charge is 0.469 e. The first-order chi connectivity index (χ1) is 10.6. The minimum Gasteiger partial charge on any atom is -0.469 e. The number of amides is 1. The second kappa shape index (κ2) is 4.57. The molecule has 0 aliphatic carbocycles. The van der Waals surface area contributed by atoms with Crippen LogP contribution in [-0.4, -0.2) is 37.2 Å². The molecule has 2 fully saturated rings. The van der Waals surface area contributed by atoms with Gasteiger partial charge in [0.25, 0.3) is 0 Å². The van der Waals surface area contributed by atoms with Crippen LogP contribution in [0.15, 0.2) is 36.4 Å². The summed E-state index contributed by atoms with van der Waals surface area (Å²) in [5.74, 6) is -1.69. The van der Waals surface area contributed by atoms with Crippen molar-refractivity contribution in [2.45, 2.75) is 11.7 Å². The lowest BCUT2D eigenvalue weighted by molar-refractivity contribution is -0.149. The Morgan fingerprint density at radius 2 is 2.23 bits per heavy atom. The molecule has 0 aromatic heterocycles. The predicted molar refractivity (Wildman–Crippen MR) is 79.5 cm³/mol. The van der Waals surface area contributed by atoms with Crippen LogP contribution >= 0.6 is 11.6 Å². The maximum atomic E-state index is 12.9. The van der Waals surface area contributed by atoms with Crippen LogP contribution in [0.3, 0.4) is 0 Å². The van der Waals surface area contributed by atoms with Crippen LogP contribution in [0, 0.1) is 11.8 Å². The molecule has 1 aromatic rings. The van der Waals surface area contributed by atoms with E-state index >= 15 is 0 Å². The fourth-order valence-electron chi connectivity index (χ4n) is 3.78. The third kappa shape index (κ3) is 1.63. The average molecular weight is 320 g/mol. The van der Waals surface area contributed by atoms with Crippen molar-refractivity contribution in [2.24, 2.45) is 11.8 Å². The van der Waals surface area contributed by atoms with Crippen LogP contribution in [0.2, 0.25) is 5.02 Å². The lowest BCUT2D eigenvalue weighted by Crippen LogP contribution is -2.39. The molecule has 2 saturated heterocycles. The minimum absolute atomic E-state index is 0.143. The summed E-state index contributed by atoms with van der Waals surface area (Å²) in [6, 6.07) is 7.17. The normalized spacial score (nSPS) is 35.1. The molecule has 0 unspecified atom stereocenters. The Morgan fingerprint density at radius 1 is 1.45 bits per heavy atom. The highest BCUT2D eigenvalue weighted by Gasteiger charge is 2.67. The first-order valence-corrected chi connectivity index (χ1v) is 7.46. The van der Waals surface area contributed by atoms with Crippen molar-refractivity contribution in [3.63, 3.8) is 0 Å². The van der Waals surface area contributed by atoms with Crippen LogP contribution in [0.25, 0.3) is 0 Å². The van der Waals surface area contributed by atoms with E-state index < -0.39 is 23.4 Å². The van der Waals surface area contributed by atoms with Crippen molar-refractivity contribution in [1.29, 1.82) is 0 Å². The third-order valence-electron chi connectivity index (χ3n) is 4.72. The zero-order valence-corrected chi connectivity index (χ0v) is 12.6. The van der Waals surface area contributed by atoms with Crippen molar-refractivity contribution in [3.05, 3.63) is 41.4 Å². The number of hydrogen-bond donors (Lipinski definition) is 0. The summed E-state index contributed by atoms with van der Waals surface area (Å²) >= 11 is 6.21. The Balaban J connectivity index is 1.75. The second-order valence-corrected chi connectivity index (χ2v) is 6.21. The first kappa shape index (κ1) is 13.8. The maximum absolute atomic E-state index is 12.9. The monoisotopic (exact) mass is 319 g/mol. The van der Waals surface area contributed by atoms with Gasteiger partial charge in [-0.15, -0.1) is 0 Å². The molecule has 0 saturated carbocycles. The summed E-state index contributed by atoms with van der Waals surface area (Å²) in [7, 11) is 1.33. The number of carbonyl (C=O) groups excluding carboxylic acids is 2. The van der Waals surface area contributed by atoms with Crippen molar-refractivity contribution in [2.75, 3.05) is 18.6 Å². The molecule has 114 valence electrons. The summed E-state index contributed by atoms with van der Waals surface area (Å²) in [6.07, 6.45) is 3.37. The van der Waals surface area contributed by atoms with Gasteiger partial charge in [0, 0.05) is 0 Å². The summed E-state index contributed by atoms with van der Waals surface area (Å²) in [6.45, 7) is 0.362. The Labute approximate surface area is 132 Å². The van der Waals surface area contributed by atoms with Crippen LogP contribution in [0.4, 0.5) is 5.69 Å². The molecule has 4 rings (SSSR count). The zero-order valence-electron chi connectivity index (χ0n) is 11.9. The van der Waals surface area contributed by atoms with Crippen molar-refractivity contribution >= 4 is 29.2 Å². The van der Waals surface area contributed by atoms with E-state index in [0.29, 0.717) is 17.3 Å².